The van der Waals surface area contributed by atoms with Crippen molar-refractivity contribution < 1.29 is 24.2 Å². The van der Waals surface area contributed by atoms with Crippen molar-refractivity contribution in [2.75, 3.05) is 19.1 Å². The highest BCUT2D eigenvalue weighted by Crippen LogP contribution is 2.33. The van der Waals surface area contributed by atoms with E-state index in [1.54, 1.807) is 32.2 Å². The number of carbonyl (C=O) groups excluding carboxylic acids is 2. The molecule has 2 aromatic carbocycles. The van der Waals surface area contributed by atoms with E-state index in [0.29, 0.717) is 17.1 Å². The molecule has 0 bridgehead atoms. The van der Waals surface area contributed by atoms with Crippen molar-refractivity contribution in [2.45, 2.75) is 6.92 Å². The van der Waals surface area contributed by atoms with Gasteiger partial charge in [0.1, 0.15) is 23.0 Å². The lowest BCUT2D eigenvalue weighted by molar-refractivity contribution is 0.0595. The van der Waals surface area contributed by atoms with E-state index < -0.39 is 5.91 Å². The highest BCUT2D eigenvalue weighted by molar-refractivity contribution is 6.04. The van der Waals surface area contributed by atoms with E-state index >= 15 is 0 Å². The van der Waals surface area contributed by atoms with Gasteiger partial charge in [0, 0.05) is 24.7 Å². The number of aryl methyl sites for hydroxylation is 1. The van der Waals surface area contributed by atoms with E-state index in [1.165, 1.54) is 35.5 Å². The minimum atomic E-state index is -0.476. The lowest BCUT2D eigenvalue weighted by Gasteiger charge is -2.25. The third-order valence-corrected chi connectivity index (χ3v) is 4.36. The first-order chi connectivity index (χ1) is 14.4. The summed E-state index contributed by atoms with van der Waals surface area (Å²) >= 11 is 0. The first-order valence-corrected chi connectivity index (χ1v) is 9.03. The van der Waals surface area contributed by atoms with E-state index in [0.717, 1.165) is 5.69 Å². The van der Waals surface area contributed by atoms with Crippen molar-refractivity contribution in [3.63, 3.8) is 0 Å². The molecule has 0 aliphatic carbocycles. The van der Waals surface area contributed by atoms with Crippen LogP contribution in [-0.2, 0) is 0 Å². The number of fused-ring (bicyclic) bond motifs is 1. The van der Waals surface area contributed by atoms with Crippen molar-refractivity contribution in [1.29, 1.82) is 0 Å². The summed E-state index contributed by atoms with van der Waals surface area (Å²) in [5, 5.41) is 12.6. The second-order valence-electron chi connectivity index (χ2n) is 6.75. The van der Waals surface area contributed by atoms with Crippen LogP contribution in [0.5, 0.6) is 23.0 Å². The van der Waals surface area contributed by atoms with E-state index in [2.05, 4.69) is 15.3 Å². The van der Waals surface area contributed by atoms with Crippen LogP contribution in [0.25, 0.3) is 0 Å². The molecule has 9 nitrogen and oxygen atoms in total. The molecule has 2 N–H and O–H groups in total. The Hall–Kier alpha value is -4.14. The predicted molar refractivity (Wildman–Crippen MR) is 107 cm³/mol. The number of nitrogens with one attached hydrogen (secondary N) is 1. The Balaban J connectivity index is 1.54. The molecule has 2 amide bonds. The number of ether oxygens (including phenoxy) is 2. The molecule has 0 fully saturated rings. The van der Waals surface area contributed by atoms with Crippen molar-refractivity contribution >= 4 is 17.6 Å². The van der Waals surface area contributed by atoms with Crippen LogP contribution >= 0.6 is 0 Å². The first-order valence-electron chi connectivity index (χ1n) is 9.03. The molecule has 152 valence electrons. The number of benzene rings is 2. The van der Waals surface area contributed by atoms with Gasteiger partial charge in [-0.1, -0.05) is 0 Å². The molecule has 0 atom stereocenters. The van der Waals surface area contributed by atoms with Crippen LogP contribution in [0, 0.1) is 6.92 Å². The Morgan fingerprint density at radius 3 is 2.77 bits per heavy atom. The summed E-state index contributed by atoms with van der Waals surface area (Å²) in [6, 6.07) is 8.98. The first kappa shape index (κ1) is 19.2. The van der Waals surface area contributed by atoms with Gasteiger partial charge in [0.05, 0.1) is 23.7 Å². The number of hydrogen-bond donors (Lipinski definition) is 2. The molecule has 0 spiro atoms. The average molecular weight is 406 g/mol. The molecule has 0 unspecified atom stereocenters. The van der Waals surface area contributed by atoms with Gasteiger partial charge >= 0.3 is 0 Å². The molecule has 0 radical (unpaired) electrons. The molecule has 4 rings (SSSR count). The fraction of sp³-hybridized carbons (Fsp3) is 0.143. The fourth-order valence-corrected chi connectivity index (χ4v) is 2.85. The Kier molecular flexibility index (Phi) is 4.93. The second-order valence-corrected chi connectivity index (χ2v) is 6.75. The quantitative estimate of drug-likeness (QED) is 0.685. The van der Waals surface area contributed by atoms with Gasteiger partial charge in [-0.3, -0.25) is 14.6 Å². The minimum Gasteiger partial charge on any atom is -0.508 e. The number of anilines is 1. The van der Waals surface area contributed by atoms with Crippen molar-refractivity contribution in [2.24, 2.45) is 0 Å². The zero-order valence-corrected chi connectivity index (χ0v) is 16.2. The van der Waals surface area contributed by atoms with Crippen molar-refractivity contribution in [3.05, 3.63) is 65.6 Å². The maximum absolute atomic E-state index is 12.5. The van der Waals surface area contributed by atoms with E-state index in [4.69, 9.17) is 9.47 Å². The number of carbonyl (C=O) groups is 2. The summed E-state index contributed by atoms with van der Waals surface area (Å²) in [4.78, 5) is 34.3. The lowest BCUT2D eigenvalue weighted by Crippen LogP contribution is -2.35. The molecule has 0 saturated heterocycles. The molecule has 3 aromatic rings. The normalized spacial score (nSPS) is 12.7. The van der Waals surface area contributed by atoms with Crippen LogP contribution in [0.4, 0.5) is 5.82 Å². The van der Waals surface area contributed by atoms with Gasteiger partial charge < -0.3 is 24.8 Å². The number of nitrogens with zero attached hydrogens (tertiary/aromatic N) is 3. The van der Waals surface area contributed by atoms with Gasteiger partial charge in [0.15, 0.2) is 12.5 Å². The maximum Gasteiger partial charge on any atom is 0.259 e. The molecule has 2 heterocycles. The monoisotopic (exact) mass is 406 g/mol. The Morgan fingerprint density at radius 1 is 1.17 bits per heavy atom. The van der Waals surface area contributed by atoms with Gasteiger partial charge in [-0.05, 0) is 31.2 Å². The van der Waals surface area contributed by atoms with Crippen molar-refractivity contribution in [3.8, 4) is 23.0 Å². The molecular formula is C21H18N4O5. The second kappa shape index (κ2) is 7.70. The number of phenolic OH excluding ortho intramolecular Hbond substituents is 1. The zero-order valence-electron chi connectivity index (χ0n) is 16.2. The van der Waals surface area contributed by atoms with Crippen LogP contribution in [0.15, 0.2) is 48.8 Å². The molecule has 1 aromatic heterocycles. The van der Waals surface area contributed by atoms with Crippen LogP contribution in [0.3, 0.4) is 0 Å². The average Bonchev–Trinajstić information content (AvgIpc) is 2.72. The molecule has 1 aliphatic heterocycles. The number of hydrogen-bond acceptors (Lipinski definition) is 7. The largest absolute Gasteiger partial charge is 0.508 e. The predicted octanol–water partition coefficient (Wildman–Crippen LogP) is 2.96. The highest BCUT2D eigenvalue weighted by Gasteiger charge is 2.23. The fourth-order valence-electron chi connectivity index (χ4n) is 2.85. The smallest absolute Gasteiger partial charge is 0.259 e. The minimum absolute atomic E-state index is 0.140. The summed E-state index contributed by atoms with van der Waals surface area (Å²) in [7, 11) is 1.65. The zero-order chi connectivity index (χ0) is 21.3. The van der Waals surface area contributed by atoms with Gasteiger partial charge in [-0.25, -0.2) is 4.98 Å². The Labute approximate surface area is 171 Å². The van der Waals surface area contributed by atoms with Crippen LogP contribution in [0.2, 0.25) is 0 Å². The number of aromatic hydroxyl groups is 1. The van der Waals surface area contributed by atoms with Crippen LogP contribution in [-0.4, -0.2) is 45.6 Å². The number of aromatic nitrogens is 2. The number of amides is 2. The molecule has 0 saturated carbocycles. The van der Waals surface area contributed by atoms with Crippen molar-refractivity contribution in [1.82, 2.24) is 14.9 Å². The van der Waals surface area contributed by atoms with Crippen LogP contribution < -0.4 is 14.8 Å². The Morgan fingerprint density at radius 2 is 2.00 bits per heavy atom. The van der Waals surface area contributed by atoms with Crippen LogP contribution in [0.1, 0.15) is 26.4 Å². The van der Waals surface area contributed by atoms with Gasteiger partial charge in [0.25, 0.3) is 11.8 Å². The standard InChI is InChI=1S/C21H18N4O5/c1-12-9-23-19(10-22-12)24-20(27)13-5-14(26)7-16(6-13)30-15-3-4-17-18(8-15)29-11-25(2)21(17)28/h3-10,26H,11H2,1-2H3,(H,23,24,27). The van der Waals surface area contributed by atoms with E-state index in [1.807, 2.05) is 0 Å². The Bertz CT molecular complexity index is 1130. The summed E-state index contributed by atoms with van der Waals surface area (Å²) in [5.74, 6) is 0.583. The number of rotatable bonds is 4. The van der Waals surface area contributed by atoms with E-state index in [9.17, 15) is 14.7 Å². The molecule has 1 aliphatic rings. The molecular weight excluding hydrogens is 388 g/mol. The summed E-state index contributed by atoms with van der Waals surface area (Å²) in [6.07, 6.45) is 2.98. The molecule has 9 heteroatoms. The summed E-state index contributed by atoms with van der Waals surface area (Å²) in [6.45, 7) is 1.94. The molecule has 30 heavy (non-hydrogen) atoms. The van der Waals surface area contributed by atoms with Gasteiger partial charge in [0.2, 0.25) is 0 Å². The highest BCUT2D eigenvalue weighted by atomic mass is 16.5. The summed E-state index contributed by atoms with van der Waals surface area (Å²) < 4.78 is 11.3. The van der Waals surface area contributed by atoms with E-state index in [-0.39, 0.29) is 35.5 Å². The SMILES string of the molecule is Cc1cnc(NC(=O)c2cc(O)cc(Oc3ccc4c(c3)OCN(C)C4=O)c2)cn1. The summed E-state index contributed by atoms with van der Waals surface area (Å²) in [5.41, 5.74) is 1.34. The topological polar surface area (TPSA) is 114 Å². The number of phenols is 1. The maximum atomic E-state index is 12.5. The van der Waals surface area contributed by atoms with Gasteiger partial charge in [-0.15, -0.1) is 0 Å². The van der Waals surface area contributed by atoms with Gasteiger partial charge in [-0.2, -0.15) is 0 Å². The third-order valence-electron chi connectivity index (χ3n) is 4.36. The third kappa shape index (κ3) is 4.00. The lowest BCUT2D eigenvalue weighted by atomic mass is 10.1.